The van der Waals surface area contributed by atoms with Gasteiger partial charge in [-0.2, -0.15) is 5.26 Å². The second-order valence-corrected chi connectivity index (χ2v) is 10.0. The number of nitrogens with one attached hydrogen (secondary N) is 1. The predicted molar refractivity (Wildman–Crippen MR) is 117 cm³/mol. The quantitative estimate of drug-likeness (QED) is 0.747. The molecule has 1 aliphatic heterocycles. The Kier molecular flexibility index (Phi) is 6.10. The van der Waals surface area contributed by atoms with Gasteiger partial charge in [-0.3, -0.25) is 9.69 Å². The number of hydrogen-bond donors (Lipinski definition) is 1. The lowest BCUT2D eigenvalue weighted by Gasteiger charge is -2.40. The zero-order chi connectivity index (χ0) is 22.0. The molecule has 1 heterocycles. The average molecular weight is 439 g/mol. The van der Waals surface area contributed by atoms with Crippen LogP contribution < -0.4 is 4.72 Å². The maximum absolute atomic E-state index is 13.0. The Hall–Kier alpha value is -2.73. The minimum atomic E-state index is -3.52. The van der Waals surface area contributed by atoms with Crippen molar-refractivity contribution in [3.8, 4) is 6.07 Å². The van der Waals surface area contributed by atoms with Gasteiger partial charge in [0, 0.05) is 43.8 Å². The van der Waals surface area contributed by atoms with Crippen LogP contribution in [-0.4, -0.2) is 55.8 Å². The Labute approximate surface area is 183 Å². The number of carbonyl (C=O) groups is 1. The van der Waals surface area contributed by atoms with Crippen LogP contribution in [0.1, 0.15) is 41.3 Å². The van der Waals surface area contributed by atoms with Crippen molar-refractivity contribution in [2.75, 3.05) is 19.6 Å². The van der Waals surface area contributed by atoms with Crippen LogP contribution in [0, 0.1) is 11.3 Å². The van der Waals surface area contributed by atoms with Crippen LogP contribution in [0.5, 0.6) is 0 Å². The molecule has 0 spiro atoms. The molecule has 1 aliphatic carbocycles. The minimum Gasteiger partial charge on any atom is -0.333 e. The molecule has 1 N–H and O–H groups in total. The molecule has 31 heavy (non-hydrogen) atoms. The van der Waals surface area contributed by atoms with E-state index in [1.165, 1.54) is 12.1 Å². The fourth-order valence-corrected chi connectivity index (χ4v) is 5.16. The van der Waals surface area contributed by atoms with Crippen molar-refractivity contribution in [1.29, 1.82) is 5.26 Å². The highest BCUT2D eigenvalue weighted by molar-refractivity contribution is 7.89. The zero-order valence-corrected chi connectivity index (χ0v) is 18.3. The number of carbonyl (C=O) groups excluding carboxylic acids is 1. The molecule has 8 heteroatoms. The van der Waals surface area contributed by atoms with Crippen molar-refractivity contribution in [2.45, 2.75) is 43.3 Å². The topological polar surface area (TPSA) is 93.5 Å². The van der Waals surface area contributed by atoms with Gasteiger partial charge < -0.3 is 4.90 Å². The molecule has 0 aromatic heterocycles. The first-order valence-corrected chi connectivity index (χ1v) is 12.0. The summed E-state index contributed by atoms with van der Waals surface area (Å²) in [6.45, 7) is 4.93. The summed E-state index contributed by atoms with van der Waals surface area (Å²) in [4.78, 5) is 17.3. The molecule has 2 aromatic carbocycles. The molecular formula is C23H26N4O3S. The number of hydrogen-bond acceptors (Lipinski definition) is 5. The summed E-state index contributed by atoms with van der Waals surface area (Å²) in [5, 5.41) is 8.92. The van der Waals surface area contributed by atoms with Crippen LogP contribution in [0.25, 0.3) is 0 Å². The highest BCUT2D eigenvalue weighted by Gasteiger charge is 2.30. The van der Waals surface area contributed by atoms with Crippen LogP contribution in [0.3, 0.4) is 0 Å². The van der Waals surface area contributed by atoms with Crippen molar-refractivity contribution >= 4 is 15.9 Å². The van der Waals surface area contributed by atoms with E-state index in [2.05, 4.69) is 15.7 Å². The largest absolute Gasteiger partial charge is 0.333 e. The molecule has 1 saturated heterocycles. The standard InChI is InChI=1S/C23H26N4O3S/c1-17-15-26(16-19-4-2-18(14-24)3-5-19)12-13-27(17)23(28)20-6-10-22(11-7-20)31(29,30)25-21-8-9-21/h2-7,10-11,17,21,25H,8-9,12-13,15-16H2,1H3. The summed E-state index contributed by atoms with van der Waals surface area (Å²) < 4.78 is 27.3. The van der Waals surface area contributed by atoms with Crippen molar-refractivity contribution in [3.63, 3.8) is 0 Å². The van der Waals surface area contributed by atoms with Crippen molar-refractivity contribution < 1.29 is 13.2 Å². The summed E-state index contributed by atoms with van der Waals surface area (Å²) in [5.41, 5.74) is 2.29. The molecule has 1 unspecified atom stereocenters. The van der Waals surface area contributed by atoms with Crippen molar-refractivity contribution in [2.24, 2.45) is 0 Å². The Bertz CT molecular complexity index is 1090. The van der Waals surface area contributed by atoms with Gasteiger partial charge in [0.05, 0.1) is 16.5 Å². The molecule has 2 aromatic rings. The van der Waals surface area contributed by atoms with Crippen LogP contribution in [-0.2, 0) is 16.6 Å². The molecule has 4 rings (SSSR count). The van der Waals surface area contributed by atoms with E-state index in [1.54, 1.807) is 12.1 Å². The molecule has 1 saturated carbocycles. The molecule has 1 amide bonds. The van der Waals surface area contributed by atoms with E-state index < -0.39 is 10.0 Å². The van der Waals surface area contributed by atoms with Gasteiger partial charge in [-0.05, 0) is 61.7 Å². The minimum absolute atomic E-state index is 0.0413. The van der Waals surface area contributed by atoms with Gasteiger partial charge >= 0.3 is 0 Å². The number of sulfonamides is 1. The molecular weight excluding hydrogens is 412 g/mol. The third kappa shape index (κ3) is 5.13. The van der Waals surface area contributed by atoms with E-state index in [1.807, 2.05) is 36.1 Å². The second-order valence-electron chi connectivity index (χ2n) is 8.31. The third-order valence-corrected chi connectivity index (χ3v) is 7.31. The van der Waals surface area contributed by atoms with E-state index in [0.717, 1.165) is 38.0 Å². The number of amides is 1. The van der Waals surface area contributed by atoms with Crippen LogP contribution >= 0.6 is 0 Å². The maximum Gasteiger partial charge on any atom is 0.254 e. The number of nitriles is 1. The van der Waals surface area contributed by atoms with E-state index in [9.17, 15) is 13.2 Å². The molecule has 7 nitrogen and oxygen atoms in total. The number of rotatable bonds is 6. The molecule has 162 valence electrons. The first-order valence-electron chi connectivity index (χ1n) is 10.5. The fourth-order valence-electron chi connectivity index (χ4n) is 3.85. The van der Waals surface area contributed by atoms with E-state index in [4.69, 9.17) is 5.26 Å². The molecule has 1 atom stereocenters. The number of nitrogens with zero attached hydrogens (tertiary/aromatic N) is 3. The second kappa shape index (κ2) is 8.79. The highest BCUT2D eigenvalue weighted by atomic mass is 32.2. The summed E-state index contributed by atoms with van der Waals surface area (Å²) in [7, 11) is -3.52. The summed E-state index contributed by atoms with van der Waals surface area (Å²) >= 11 is 0. The molecule has 2 aliphatic rings. The number of piperazine rings is 1. The molecule has 0 bridgehead atoms. The van der Waals surface area contributed by atoms with Crippen molar-refractivity contribution in [3.05, 3.63) is 65.2 Å². The molecule has 2 fully saturated rings. The van der Waals surface area contributed by atoms with E-state index in [0.29, 0.717) is 17.7 Å². The van der Waals surface area contributed by atoms with Gasteiger partial charge in [0.25, 0.3) is 5.91 Å². The summed E-state index contributed by atoms with van der Waals surface area (Å²) in [6.07, 6.45) is 1.76. The Balaban J connectivity index is 1.36. The van der Waals surface area contributed by atoms with Gasteiger partial charge in [-0.25, -0.2) is 13.1 Å². The normalized spacial score (nSPS) is 19.7. The van der Waals surface area contributed by atoms with Crippen LogP contribution in [0.2, 0.25) is 0 Å². The smallest absolute Gasteiger partial charge is 0.254 e. The SMILES string of the molecule is CC1CN(Cc2ccc(C#N)cc2)CCN1C(=O)c1ccc(S(=O)(=O)NC2CC2)cc1. The summed E-state index contributed by atoms with van der Waals surface area (Å²) in [6, 6.07) is 16.0. The lowest BCUT2D eigenvalue weighted by atomic mass is 10.1. The lowest BCUT2D eigenvalue weighted by Crippen LogP contribution is -2.53. The van der Waals surface area contributed by atoms with Gasteiger partial charge in [0.1, 0.15) is 0 Å². The summed E-state index contributed by atoms with van der Waals surface area (Å²) in [5.74, 6) is -0.0791. The van der Waals surface area contributed by atoms with Crippen LogP contribution in [0.4, 0.5) is 0 Å². The van der Waals surface area contributed by atoms with Gasteiger partial charge in [0.2, 0.25) is 10.0 Å². The highest BCUT2D eigenvalue weighted by Crippen LogP contribution is 2.23. The van der Waals surface area contributed by atoms with Gasteiger partial charge in [-0.15, -0.1) is 0 Å². The first kappa shape index (κ1) is 21.5. The third-order valence-electron chi connectivity index (χ3n) is 5.77. The monoisotopic (exact) mass is 438 g/mol. The van der Waals surface area contributed by atoms with E-state index in [-0.39, 0.29) is 22.9 Å². The van der Waals surface area contributed by atoms with Crippen molar-refractivity contribution in [1.82, 2.24) is 14.5 Å². The predicted octanol–water partition coefficient (Wildman–Crippen LogP) is 2.35. The lowest BCUT2D eigenvalue weighted by molar-refractivity contribution is 0.0475. The fraction of sp³-hybridized carbons (Fsp3) is 0.391. The van der Waals surface area contributed by atoms with Gasteiger partial charge in [-0.1, -0.05) is 12.1 Å². The maximum atomic E-state index is 13.0. The number of benzene rings is 2. The Morgan fingerprint density at radius 1 is 1.10 bits per heavy atom. The molecule has 0 radical (unpaired) electrons. The Morgan fingerprint density at radius 3 is 2.35 bits per heavy atom. The Morgan fingerprint density at radius 2 is 1.77 bits per heavy atom. The zero-order valence-electron chi connectivity index (χ0n) is 17.5. The van der Waals surface area contributed by atoms with Gasteiger partial charge in [0.15, 0.2) is 0 Å². The van der Waals surface area contributed by atoms with E-state index >= 15 is 0 Å². The van der Waals surface area contributed by atoms with Crippen LogP contribution in [0.15, 0.2) is 53.4 Å². The average Bonchev–Trinajstić information content (AvgIpc) is 3.57. The first-order chi connectivity index (χ1) is 14.9.